The molecule has 0 saturated heterocycles. The fraction of sp³-hybridized carbons (Fsp3) is 0.613. The number of fused-ring (bicyclic) bond motifs is 1. The van der Waals surface area contributed by atoms with Crippen LogP contribution in [0.5, 0.6) is 0 Å². The highest BCUT2D eigenvalue weighted by Crippen LogP contribution is 2.38. The van der Waals surface area contributed by atoms with Crippen LogP contribution in [0.15, 0.2) is 30.6 Å². The van der Waals surface area contributed by atoms with Crippen molar-refractivity contribution in [3.8, 4) is 11.1 Å². The van der Waals surface area contributed by atoms with Gasteiger partial charge in [-0.3, -0.25) is 4.79 Å². The number of nitrogens with zero attached hydrogens (tertiary/aromatic N) is 5. The number of aromatic nitrogens is 4. The van der Waals surface area contributed by atoms with Crippen LogP contribution in [-0.2, 0) is 19.0 Å². The van der Waals surface area contributed by atoms with E-state index in [9.17, 15) is 4.79 Å². The van der Waals surface area contributed by atoms with Crippen LogP contribution in [0, 0.1) is 5.92 Å². The molecule has 3 aromatic heterocycles. The molecule has 0 N–H and O–H groups in total. The average Bonchev–Trinajstić information content (AvgIpc) is 3.39. The summed E-state index contributed by atoms with van der Waals surface area (Å²) in [5, 5.41) is 5.24. The summed E-state index contributed by atoms with van der Waals surface area (Å²) in [6.07, 6.45) is 6.91. The molecule has 0 spiro atoms. The zero-order chi connectivity index (χ0) is 31.2. The second kappa shape index (κ2) is 14.6. The van der Waals surface area contributed by atoms with Crippen LogP contribution in [0.25, 0.3) is 16.8 Å². The van der Waals surface area contributed by atoms with Gasteiger partial charge in [-0.15, -0.1) is 0 Å². The predicted octanol–water partition coefficient (Wildman–Crippen LogP) is 7.32. The molecule has 3 heterocycles. The van der Waals surface area contributed by atoms with Crippen molar-refractivity contribution in [2.75, 3.05) is 38.7 Å². The minimum atomic E-state index is -1.24. The lowest BCUT2D eigenvalue weighted by atomic mass is 9.80. The Bertz CT molecular complexity index is 1330. The van der Waals surface area contributed by atoms with E-state index in [1.54, 1.807) is 12.3 Å². The van der Waals surface area contributed by atoms with E-state index in [0.717, 1.165) is 66.1 Å². The van der Waals surface area contributed by atoms with Gasteiger partial charge >= 0.3 is 5.97 Å². The zero-order valence-corrected chi connectivity index (χ0v) is 29.6. The van der Waals surface area contributed by atoms with Crippen LogP contribution in [0.1, 0.15) is 37.3 Å². The summed E-state index contributed by atoms with van der Waals surface area (Å²) in [7, 11) is -1.01. The highest BCUT2D eigenvalue weighted by molar-refractivity contribution is 6.76. The molecule has 0 amide bonds. The predicted molar refractivity (Wildman–Crippen MR) is 178 cm³/mol. The van der Waals surface area contributed by atoms with Crippen molar-refractivity contribution in [1.29, 1.82) is 0 Å². The van der Waals surface area contributed by atoms with E-state index in [4.69, 9.17) is 35.9 Å². The summed E-state index contributed by atoms with van der Waals surface area (Å²) < 4.78 is 19.4. The van der Waals surface area contributed by atoms with Gasteiger partial charge < -0.3 is 19.1 Å². The molecule has 3 aromatic rings. The molecule has 0 bridgehead atoms. The number of pyridine rings is 1. The lowest BCUT2D eigenvalue weighted by Crippen LogP contribution is -2.33. The Labute approximate surface area is 263 Å². The fourth-order valence-electron chi connectivity index (χ4n) is 5.21. The van der Waals surface area contributed by atoms with Gasteiger partial charge in [0.05, 0.1) is 19.2 Å². The Kier molecular flexibility index (Phi) is 11.4. The molecular weight excluding hydrogens is 598 g/mol. The van der Waals surface area contributed by atoms with Gasteiger partial charge in [-0.2, -0.15) is 9.61 Å². The Hall–Kier alpha value is -2.32. The van der Waals surface area contributed by atoms with E-state index in [0.29, 0.717) is 31.8 Å². The summed E-state index contributed by atoms with van der Waals surface area (Å²) in [5.74, 6) is 0.932. The van der Waals surface area contributed by atoms with Gasteiger partial charge in [0.25, 0.3) is 0 Å². The fourth-order valence-corrected chi connectivity index (χ4v) is 6.83. The van der Waals surface area contributed by atoms with Crippen LogP contribution < -0.4 is 4.90 Å². The molecule has 236 valence electrons. The van der Waals surface area contributed by atoms with Crippen LogP contribution in [0.4, 0.5) is 5.82 Å². The molecule has 0 aliphatic heterocycles. The summed E-state index contributed by atoms with van der Waals surface area (Å²) >= 11 is 6.10. The van der Waals surface area contributed by atoms with Crippen molar-refractivity contribution >= 4 is 45.2 Å². The maximum absolute atomic E-state index is 12.2. The van der Waals surface area contributed by atoms with Gasteiger partial charge in [0.1, 0.15) is 24.4 Å². The normalized spacial score (nSPS) is 17.8. The molecule has 1 aliphatic carbocycles. The Morgan fingerprint density at radius 2 is 1.60 bits per heavy atom. The SMILES string of the molecule is COC(=O)[C@H]1CC[C@H](c2cc(N(COCC[Si](C)(C)C)COCC[Si](C)(C)C)n3ncc(-c4ccc(Cl)nc4)c3n2)CC1. The van der Waals surface area contributed by atoms with Crippen LogP contribution in [0.3, 0.4) is 0 Å². The van der Waals surface area contributed by atoms with Gasteiger partial charge in [0, 0.05) is 64.4 Å². The lowest BCUT2D eigenvalue weighted by molar-refractivity contribution is -0.146. The first-order chi connectivity index (χ1) is 20.3. The number of hydrogen-bond donors (Lipinski definition) is 0. The van der Waals surface area contributed by atoms with E-state index >= 15 is 0 Å². The second-order valence-electron chi connectivity index (χ2n) is 14.0. The average molecular weight is 646 g/mol. The van der Waals surface area contributed by atoms with E-state index in [1.807, 2.05) is 16.8 Å². The van der Waals surface area contributed by atoms with Crippen LogP contribution in [-0.4, -0.2) is 75.5 Å². The molecule has 0 radical (unpaired) electrons. The molecule has 0 unspecified atom stereocenters. The molecule has 1 saturated carbocycles. The zero-order valence-electron chi connectivity index (χ0n) is 26.9. The molecule has 1 fully saturated rings. The number of carbonyl (C=O) groups is 1. The minimum absolute atomic E-state index is 0.0499. The van der Waals surface area contributed by atoms with Crippen molar-refractivity contribution in [2.24, 2.45) is 5.92 Å². The summed E-state index contributed by atoms with van der Waals surface area (Å²) in [4.78, 5) is 23.8. The summed E-state index contributed by atoms with van der Waals surface area (Å²) in [5.41, 5.74) is 3.52. The van der Waals surface area contributed by atoms with Crippen molar-refractivity contribution in [1.82, 2.24) is 19.6 Å². The number of anilines is 1. The van der Waals surface area contributed by atoms with E-state index in [2.05, 4.69) is 55.2 Å². The second-order valence-corrected chi connectivity index (χ2v) is 25.6. The summed E-state index contributed by atoms with van der Waals surface area (Å²) in [6, 6.07) is 8.04. The topological polar surface area (TPSA) is 91.1 Å². The quantitative estimate of drug-likeness (QED) is 0.0592. The number of carbonyl (C=O) groups excluding carboxylic acids is 1. The molecule has 0 atom stereocenters. The van der Waals surface area contributed by atoms with Crippen molar-refractivity contribution < 1.29 is 19.0 Å². The van der Waals surface area contributed by atoms with E-state index in [1.165, 1.54) is 7.11 Å². The molecule has 43 heavy (non-hydrogen) atoms. The smallest absolute Gasteiger partial charge is 0.308 e. The monoisotopic (exact) mass is 645 g/mol. The Morgan fingerprint density at radius 1 is 0.977 bits per heavy atom. The summed E-state index contributed by atoms with van der Waals surface area (Å²) in [6.45, 7) is 16.4. The number of hydrogen-bond acceptors (Lipinski definition) is 8. The van der Waals surface area contributed by atoms with Crippen LogP contribution in [0.2, 0.25) is 56.5 Å². The number of halogens is 1. The van der Waals surface area contributed by atoms with Crippen molar-refractivity contribution in [3.63, 3.8) is 0 Å². The first-order valence-electron chi connectivity index (χ1n) is 15.3. The molecule has 9 nitrogen and oxygen atoms in total. The third-order valence-corrected chi connectivity index (χ3v) is 11.6. The number of rotatable bonds is 14. The number of esters is 1. The number of methoxy groups -OCH3 is 1. The van der Waals surface area contributed by atoms with Gasteiger partial charge in [0.15, 0.2) is 5.65 Å². The highest BCUT2D eigenvalue weighted by Gasteiger charge is 2.30. The standard InChI is InChI=1S/C31H48ClN5O4Si2/c1-39-31(38)24-10-8-23(9-11-24)27-18-29(37-30(35-27)26(20-34-37)25-12-13-28(32)33-19-25)36(21-40-14-16-42(2,3)4)22-41-15-17-43(5,6)7/h12-13,18-20,23-24H,8-11,14-17,21-22H2,1-7H3/t23-,24-. The van der Waals surface area contributed by atoms with Gasteiger partial charge in [-0.25, -0.2) is 9.97 Å². The highest BCUT2D eigenvalue weighted by atomic mass is 35.5. The van der Waals surface area contributed by atoms with Gasteiger partial charge in [-0.1, -0.05) is 50.9 Å². The maximum Gasteiger partial charge on any atom is 0.308 e. The lowest BCUT2D eigenvalue weighted by Gasteiger charge is -2.29. The third kappa shape index (κ3) is 9.58. The van der Waals surface area contributed by atoms with Gasteiger partial charge in [0.2, 0.25) is 0 Å². The number of ether oxygens (including phenoxy) is 3. The molecule has 1 aliphatic rings. The molecule has 12 heteroatoms. The first-order valence-corrected chi connectivity index (χ1v) is 23.1. The third-order valence-electron chi connectivity index (χ3n) is 8.00. The van der Waals surface area contributed by atoms with Gasteiger partial charge in [-0.05, 0) is 49.9 Å². The molecule has 4 rings (SSSR count). The van der Waals surface area contributed by atoms with E-state index < -0.39 is 16.1 Å². The maximum atomic E-state index is 12.2. The minimum Gasteiger partial charge on any atom is -0.469 e. The largest absolute Gasteiger partial charge is 0.469 e. The van der Waals surface area contributed by atoms with E-state index in [-0.39, 0.29) is 17.8 Å². The Morgan fingerprint density at radius 3 is 2.14 bits per heavy atom. The van der Waals surface area contributed by atoms with Crippen molar-refractivity contribution in [2.45, 2.75) is 83.0 Å². The Balaban J connectivity index is 1.70. The first kappa shape index (κ1) is 33.6. The molecule has 0 aromatic carbocycles. The van der Waals surface area contributed by atoms with Crippen molar-refractivity contribution in [3.05, 3.63) is 41.4 Å². The molecular formula is C31H48ClN5O4Si2. The van der Waals surface area contributed by atoms with Crippen LogP contribution >= 0.6 is 11.6 Å².